The number of nitrogens with zero attached hydrogens (tertiary/aromatic N) is 3. The maximum absolute atomic E-state index is 5.93. The molecule has 2 heterocycles. The van der Waals surface area contributed by atoms with Crippen molar-refractivity contribution in [2.45, 2.75) is 25.5 Å². The molecule has 102 valence electrons. The molecule has 5 nitrogen and oxygen atoms in total. The number of rotatable bonds is 5. The Labute approximate surface area is 109 Å². The Kier molecular flexibility index (Phi) is 4.74. The van der Waals surface area contributed by atoms with Gasteiger partial charge < -0.3 is 10.1 Å². The SMILES string of the molecule is CCCN1CCOC(CNC)C1c1cnn(C)c1. The van der Waals surface area contributed by atoms with Crippen LogP contribution in [-0.2, 0) is 11.8 Å². The Bertz CT molecular complexity index is 348. The van der Waals surface area contributed by atoms with Crippen molar-refractivity contribution in [2.75, 3.05) is 33.3 Å². The minimum Gasteiger partial charge on any atom is -0.374 e. The Balaban J connectivity index is 2.20. The first-order chi connectivity index (χ1) is 8.76. The predicted molar refractivity (Wildman–Crippen MR) is 71.5 cm³/mol. The van der Waals surface area contributed by atoms with E-state index in [1.807, 2.05) is 25.0 Å². The molecule has 2 rings (SSSR count). The fourth-order valence-electron chi connectivity index (χ4n) is 2.71. The van der Waals surface area contributed by atoms with Gasteiger partial charge in [-0.25, -0.2) is 0 Å². The molecule has 5 heteroatoms. The summed E-state index contributed by atoms with van der Waals surface area (Å²) >= 11 is 0. The van der Waals surface area contributed by atoms with Gasteiger partial charge in [-0.3, -0.25) is 9.58 Å². The molecule has 1 aliphatic heterocycles. The van der Waals surface area contributed by atoms with Gasteiger partial charge in [0.05, 0.1) is 24.9 Å². The van der Waals surface area contributed by atoms with Gasteiger partial charge in [-0.2, -0.15) is 5.10 Å². The number of hydrogen-bond donors (Lipinski definition) is 1. The first-order valence-electron chi connectivity index (χ1n) is 6.75. The molecule has 2 unspecified atom stereocenters. The molecule has 1 aromatic heterocycles. The molecule has 1 N–H and O–H groups in total. The van der Waals surface area contributed by atoms with Gasteiger partial charge in [-0.15, -0.1) is 0 Å². The normalized spacial score (nSPS) is 25.5. The predicted octanol–water partition coefficient (Wildman–Crippen LogP) is 0.791. The minimum atomic E-state index is 0.208. The van der Waals surface area contributed by atoms with Gasteiger partial charge in [-0.05, 0) is 20.0 Å². The van der Waals surface area contributed by atoms with Crippen molar-refractivity contribution in [1.82, 2.24) is 20.0 Å². The summed E-state index contributed by atoms with van der Waals surface area (Å²) in [6.45, 7) is 6.04. The third-order valence-electron chi connectivity index (χ3n) is 3.44. The van der Waals surface area contributed by atoms with Crippen LogP contribution in [0.2, 0.25) is 0 Å². The van der Waals surface area contributed by atoms with Crippen LogP contribution in [0.15, 0.2) is 12.4 Å². The molecular formula is C13H24N4O. The standard InChI is InChI=1S/C13H24N4O/c1-4-5-17-6-7-18-12(9-14-2)13(17)11-8-15-16(3)10-11/h8,10,12-14H,4-7,9H2,1-3H3. The summed E-state index contributed by atoms with van der Waals surface area (Å²) in [6, 6.07) is 0.319. The van der Waals surface area contributed by atoms with Crippen LogP contribution in [0.3, 0.4) is 0 Å². The van der Waals surface area contributed by atoms with E-state index in [-0.39, 0.29) is 6.10 Å². The number of likely N-dealkylation sites (N-methyl/N-ethyl adjacent to an activating group) is 1. The highest BCUT2D eigenvalue weighted by atomic mass is 16.5. The highest BCUT2D eigenvalue weighted by Gasteiger charge is 2.33. The summed E-state index contributed by atoms with van der Waals surface area (Å²) in [7, 11) is 3.94. The van der Waals surface area contributed by atoms with Gasteiger partial charge in [0.1, 0.15) is 0 Å². The molecule has 0 aromatic carbocycles. The third-order valence-corrected chi connectivity index (χ3v) is 3.44. The van der Waals surface area contributed by atoms with Crippen LogP contribution in [0.25, 0.3) is 0 Å². The van der Waals surface area contributed by atoms with Gasteiger partial charge in [-0.1, -0.05) is 6.92 Å². The van der Waals surface area contributed by atoms with E-state index in [1.54, 1.807) is 0 Å². The van der Waals surface area contributed by atoms with E-state index >= 15 is 0 Å². The van der Waals surface area contributed by atoms with E-state index in [2.05, 4.69) is 28.4 Å². The van der Waals surface area contributed by atoms with Crippen LogP contribution in [-0.4, -0.2) is 54.1 Å². The zero-order valence-electron chi connectivity index (χ0n) is 11.6. The Morgan fingerprint density at radius 2 is 2.39 bits per heavy atom. The van der Waals surface area contributed by atoms with Gasteiger partial charge in [0, 0.05) is 31.9 Å². The summed E-state index contributed by atoms with van der Waals surface area (Å²) < 4.78 is 7.80. The average molecular weight is 252 g/mol. The second-order valence-electron chi connectivity index (χ2n) is 4.90. The number of hydrogen-bond acceptors (Lipinski definition) is 4. The highest BCUT2D eigenvalue weighted by Crippen LogP contribution is 2.29. The van der Waals surface area contributed by atoms with Crippen LogP contribution >= 0.6 is 0 Å². The lowest BCUT2D eigenvalue weighted by molar-refractivity contribution is -0.0704. The number of aryl methyl sites for hydroxylation is 1. The summed E-state index contributed by atoms with van der Waals surface area (Å²) in [5.74, 6) is 0. The molecule has 0 amide bonds. The zero-order valence-corrected chi connectivity index (χ0v) is 11.6. The lowest BCUT2D eigenvalue weighted by Gasteiger charge is -2.40. The number of morpholine rings is 1. The zero-order chi connectivity index (χ0) is 13.0. The molecule has 0 saturated carbocycles. The van der Waals surface area contributed by atoms with E-state index in [1.165, 1.54) is 12.0 Å². The van der Waals surface area contributed by atoms with E-state index in [0.29, 0.717) is 6.04 Å². The fourth-order valence-corrected chi connectivity index (χ4v) is 2.71. The van der Waals surface area contributed by atoms with Gasteiger partial charge >= 0.3 is 0 Å². The molecule has 1 saturated heterocycles. The maximum atomic E-state index is 5.93. The molecule has 0 radical (unpaired) electrons. The summed E-state index contributed by atoms with van der Waals surface area (Å²) in [6.07, 6.45) is 5.44. The molecule has 1 aromatic rings. The molecule has 0 bridgehead atoms. The summed E-state index contributed by atoms with van der Waals surface area (Å²) in [5.41, 5.74) is 1.26. The Morgan fingerprint density at radius 1 is 1.56 bits per heavy atom. The van der Waals surface area contributed by atoms with Crippen LogP contribution in [0, 0.1) is 0 Å². The molecule has 0 spiro atoms. The average Bonchev–Trinajstić information content (AvgIpc) is 2.77. The number of nitrogens with one attached hydrogen (secondary N) is 1. The summed E-state index contributed by atoms with van der Waals surface area (Å²) in [4.78, 5) is 2.52. The van der Waals surface area contributed by atoms with Gasteiger partial charge in [0.25, 0.3) is 0 Å². The first kappa shape index (κ1) is 13.5. The van der Waals surface area contributed by atoms with Crippen LogP contribution < -0.4 is 5.32 Å². The van der Waals surface area contributed by atoms with E-state index in [4.69, 9.17) is 4.74 Å². The van der Waals surface area contributed by atoms with E-state index in [0.717, 1.165) is 26.2 Å². The van der Waals surface area contributed by atoms with Crippen molar-refractivity contribution < 1.29 is 4.74 Å². The van der Waals surface area contributed by atoms with Crippen LogP contribution in [0.1, 0.15) is 24.9 Å². The third kappa shape index (κ3) is 2.91. The molecule has 1 aliphatic rings. The maximum Gasteiger partial charge on any atom is 0.0897 e. The van der Waals surface area contributed by atoms with Crippen molar-refractivity contribution in [1.29, 1.82) is 0 Å². The van der Waals surface area contributed by atoms with Crippen molar-refractivity contribution >= 4 is 0 Å². The topological polar surface area (TPSA) is 42.3 Å². The Morgan fingerprint density at radius 3 is 3.00 bits per heavy atom. The van der Waals surface area contributed by atoms with E-state index < -0.39 is 0 Å². The first-order valence-corrected chi connectivity index (χ1v) is 6.75. The second kappa shape index (κ2) is 6.31. The van der Waals surface area contributed by atoms with Gasteiger partial charge in [0.2, 0.25) is 0 Å². The molecule has 0 aliphatic carbocycles. The van der Waals surface area contributed by atoms with Crippen LogP contribution in [0.5, 0.6) is 0 Å². The minimum absolute atomic E-state index is 0.208. The molecule has 2 atom stereocenters. The quantitative estimate of drug-likeness (QED) is 0.841. The van der Waals surface area contributed by atoms with Crippen molar-refractivity contribution in [2.24, 2.45) is 7.05 Å². The van der Waals surface area contributed by atoms with Gasteiger partial charge in [0.15, 0.2) is 0 Å². The monoisotopic (exact) mass is 252 g/mol. The fraction of sp³-hybridized carbons (Fsp3) is 0.769. The van der Waals surface area contributed by atoms with Crippen LogP contribution in [0.4, 0.5) is 0 Å². The van der Waals surface area contributed by atoms with Crippen molar-refractivity contribution in [3.8, 4) is 0 Å². The smallest absolute Gasteiger partial charge is 0.0897 e. The van der Waals surface area contributed by atoms with Crippen molar-refractivity contribution in [3.05, 3.63) is 18.0 Å². The number of ether oxygens (including phenoxy) is 1. The second-order valence-corrected chi connectivity index (χ2v) is 4.90. The largest absolute Gasteiger partial charge is 0.374 e. The highest BCUT2D eigenvalue weighted by molar-refractivity contribution is 5.14. The lowest BCUT2D eigenvalue weighted by atomic mass is 10.0. The Hall–Kier alpha value is -0.910. The molecule has 18 heavy (non-hydrogen) atoms. The lowest BCUT2D eigenvalue weighted by Crippen LogP contribution is -2.48. The summed E-state index contributed by atoms with van der Waals surface area (Å²) in [5, 5.41) is 7.52. The molecule has 1 fully saturated rings. The number of aromatic nitrogens is 2. The van der Waals surface area contributed by atoms with E-state index in [9.17, 15) is 0 Å². The van der Waals surface area contributed by atoms with Crippen molar-refractivity contribution in [3.63, 3.8) is 0 Å². The molecular weight excluding hydrogens is 228 g/mol.